The Morgan fingerprint density at radius 3 is 2.95 bits per heavy atom. The molecule has 1 aromatic heterocycles. The first-order valence-electron chi connectivity index (χ1n) is 7.28. The van der Waals surface area contributed by atoms with E-state index in [9.17, 15) is 9.90 Å². The van der Waals surface area contributed by atoms with Crippen LogP contribution in [0.3, 0.4) is 0 Å². The smallest absolute Gasteiger partial charge is 0.323 e. The number of aromatic nitrogens is 2. The molecule has 1 fully saturated rings. The summed E-state index contributed by atoms with van der Waals surface area (Å²) in [6, 6.07) is 2.03. The van der Waals surface area contributed by atoms with Crippen molar-refractivity contribution in [1.29, 1.82) is 0 Å². The fourth-order valence-corrected chi connectivity index (χ4v) is 2.75. The summed E-state index contributed by atoms with van der Waals surface area (Å²) in [5.74, 6) is 0.715. The number of nitrogens with zero attached hydrogens (tertiary/aromatic N) is 3. The van der Waals surface area contributed by atoms with Crippen molar-refractivity contribution in [2.24, 2.45) is 0 Å². The first-order valence-corrected chi connectivity index (χ1v) is 7.28. The number of likely N-dealkylation sites (tertiary alicyclic amines) is 1. The van der Waals surface area contributed by atoms with Gasteiger partial charge in [-0.05, 0) is 40.0 Å². The van der Waals surface area contributed by atoms with Gasteiger partial charge < -0.3 is 10.0 Å². The van der Waals surface area contributed by atoms with E-state index in [1.54, 1.807) is 23.9 Å². The first-order chi connectivity index (χ1) is 9.49. The summed E-state index contributed by atoms with van der Waals surface area (Å²) in [7, 11) is 0. The Kier molecular flexibility index (Phi) is 4.65. The van der Waals surface area contributed by atoms with Gasteiger partial charge in [-0.15, -0.1) is 0 Å². The standard InChI is InChI=1S/C14H24N4O2/c1-10(2)18-13(6-7-15-18)16-14(20)17-8-4-5-12(17)9-11(3)19/h6-7,10-12,19H,4-5,8-9H2,1-3H3,(H,16,20)/t11-,12-/m1/s1. The molecule has 20 heavy (non-hydrogen) atoms. The largest absolute Gasteiger partial charge is 0.393 e. The van der Waals surface area contributed by atoms with Gasteiger partial charge in [0.1, 0.15) is 5.82 Å². The maximum atomic E-state index is 12.4. The van der Waals surface area contributed by atoms with Crippen LogP contribution in [0.1, 0.15) is 46.1 Å². The SMILES string of the molecule is CC(C)n1nccc1NC(=O)N1CCC[C@@H]1C[C@@H](C)O. The Bertz CT molecular complexity index is 456. The Balaban J connectivity index is 2.02. The van der Waals surface area contributed by atoms with Crippen LogP contribution in [-0.2, 0) is 0 Å². The monoisotopic (exact) mass is 280 g/mol. The zero-order chi connectivity index (χ0) is 14.7. The topological polar surface area (TPSA) is 70.4 Å². The fraction of sp³-hybridized carbons (Fsp3) is 0.714. The van der Waals surface area contributed by atoms with Crippen LogP contribution in [-0.4, -0.2) is 44.5 Å². The highest BCUT2D eigenvalue weighted by atomic mass is 16.3. The lowest BCUT2D eigenvalue weighted by atomic mass is 10.1. The summed E-state index contributed by atoms with van der Waals surface area (Å²) in [4.78, 5) is 14.2. The summed E-state index contributed by atoms with van der Waals surface area (Å²) in [5, 5.41) is 16.6. The molecule has 1 aliphatic rings. The van der Waals surface area contributed by atoms with E-state index >= 15 is 0 Å². The van der Waals surface area contributed by atoms with Crippen molar-refractivity contribution in [2.45, 2.75) is 58.2 Å². The molecule has 2 atom stereocenters. The number of urea groups is 1. The summed E-state index contributed by atoms with van der Waals surface area (Å²) >= 11 is 0. The Morgan fingerprint density at radius 2 is 2.30 bits per heavy atom. The number of nitrogens with one attached hydrogen (secondary N) is 1. The van der Waals surface area contributed by atoms with Gasteiger partial charge in [-0.1, -0.05) is 0 Å². The van der Waals surface area contributed by atoms with Crippen LogP contribution >= 0.6 is 0 Å². The molecule has 1 aliphatic heterocycles. The molecule has 0 spiro atoms. The molecule has 2 heterocycles. The van der Waals surface area contributed by atoms with Gasteiger partial charge in [0, 0.05) is 24.7 Å². The fourth-order valence-electron chi connectivity index (χ4n) is 2.75. The summed E-state index contributed by atoms with van der Waals surface area (Å²) in [6.45, 7) is 6.56. The van der Waals surface area contributed by atoms with Crippen molar-refractivity contribution >= 4 is 11.8 Å². The zero-order valence-electron chi connectivity index (χ0n) is 12.4. The third-order valence-corrected chi connectivity index (χ3v) is 3.65. The van der Waals surface area contributed by atoms with Crippen molar-refractivity contribution in [2.75, 3.05) is 11.9 Å². The van der Waals surface area contributed by atoms with E-state index in [2.05, 4.69) is 10.4 Å². The molecule has 0 radical (unpaired) electrons. The van der Waals surface area contributed by atoms with Gasteiger partial charge in [0.25, 0.3) is 0 Å². The second kappa shape index (κ2) is 6.26. The number of hydrogen-bond acceptors (Lipinski definition) is 3. The average Bonchev–Trinajstić information content (AvgIpc) is 2.96. The van der Waals surface area contributed by atoms with E-state index < -0.39 is 0 Å². The lowest BCUT2D eigenvalue weighted by molar-refractivity contribution is 0.142. The number of hydrogen-bond donors (Lipinski definition) is 2. The second-order valence-electron chi connectivity index (χ2n) is 5.76. The Labute approximate surface area is 119 Å². The lowest BCUT2D eigenvalue weighted by Crippen LogP contribution is -2.40. The molecule has 0 aromatic carbocycles. The zero-order valence-corrected chi connectivity index (χ0v) is 12.4. The molecule has 6 heteroatoms. The average molecular weight is 280 g/mol. The minimum atomic E-state index is -0.380. The van der Waals surface area contributed by atoms with Gasteiger partial charge in [-0.3, -0.25) is 5.32 Å². The third-order valence-electron chi connectivity index (χ3n) is 3.65. The summed E-state index contributed by atoms with van der Waals surface area (Å²) in [6.07, 6.45) is 3.90. The van der Waals surface area contributed by atoms with Gasteiger partial charge >= 0.3 is 6.03 Å². The molecule has 2 N–H and O–H groups in total. The van der Waals surface area contributed by atoms with Crippen LogP contribution in [0.5, 0.6) is 0 Å². The Hall–Kier alpha value is -1.56. The predicted octanol–water partition coefficient (Wildman–Crippen LogP) is 2.23. The van der Waals surface area contributed by atoms with Gasteiger partial charge in [0.15, 0.2) is 0 Å². The molecule has 0 unspecified atom stereocenters. The molecular weight excluding hydrogens is 256 g/mol. The number of anilines is 1. The quantitative estimate of drug-likeness (QED) is 0.888. The number of carbonyl (C=O) groups excluding carboxylic acids is 1. The van der Waals surface area contributed by atoms with Gasteiger partial charge in [0.05, 0.1) is 12.3 Å². The van der Waals surface area contributed by atoms with Crippen molar-refractivity contribution in [3.8, 4) is 0 Å². The van der Waals surface area contributed by atoms with Crippen molar-refractivity contribution in [3.05, 3.63) is 12.3 Å². The van der Waals surface area contributed by atoms with Gasteiger partial charge in [0.2, 0.25) is 0 Å². The van der Waals surface area contributed by atoms with E-state index in [0.717, 1.165) is 19.4 Å². The maximum absolute atomic E-state index is 12.4. The molecule has 0 saturated carbocycles. The van der Waals surface area contributed by atoms with Crippen LogP contribution in [0.4, 0.5) is 10.6 Å². The maximum Gasteiger partial charge on any atom is 0.323 e. The molecule has 6 nitrogen and oxygen atoms in total. The van der Waals surface area contributed by atoms with Crippen molar-refractivity contribution < 1.29 is 9.90 Å². The summed E-state index contributed by atoms with van der Waals surface area (Å²) < 4.78 is 1.79. The van der Waals surface area contributed by atoms with Crippen molar-refractivity contribution in [3.63, 3.8) is 0 Å². The molecule has 2 rings (SSSR count). The molecule has 1 saturated heterocycles. The summed E-state index contributed by atoms with van der Waals surface area (Å²) in [5.41, 5.74) is 0. The first kappa shape index (κ1) is 14.8. The van der Waals surface area contributed by atoms with Crippen LogP contribution in [0.15, 0.2) is 12.3 Å². The normalized spacial score (nSPS) is 20.4. The molecule has 0 bridgehead atoms. The number of amides is 2. The molecule has 2 amide bonds. The number of aliphatic hydroxyl groups excluding tert-OH is 1. The van der Waals surface area contributed by atoms with Crippen LogP contribution in [0.25, 0.3) is 0 Å². The van der Waals surface area contributed by atoms with E-state index in [-0.39, 0.29) is 24.2 Å². The minimum Gasteiger partial charge on any atom is -0.393 e. The van der Waals surface area contributed by atoms with Crippen molar-refractivity contribution in [1.82, 2.24) is 14.7 Å². The van der Waals surface area contributed by atoms with Crippen LogP contribution in [0, 0.1) is 0 Å². The van der Waals surface area contributed by atoms with E-state index in [0.29, 0.717) is 12.2 Å². The molecular formula is C14H24N4O2. The molecule has 1 aromatic rings. The highest BCUT2D eigenvalue weighted by molar-refractivity contribution is 5.88. The highest BCUT2D eigenvalue weighted by Gasteiger charge is 2.30. The van der Waals surface area contributed by atoms with Crippen LogP contribution in [0.2, 0.25) is 0 Å². The second-order valence-corrected chi connectivity index (χ2v) is 5.76. The van der Waals surface area contributed by atoms with E-state index in [1.807, 2.05) is 18.7 Å². The third kappa shape index (κ3) is 3.30. The van der Waals surface area contributed by atoms with E-state index in [1.165, 1.54) is 0 Å². The minimum absolute atomic E-state index is 0.101. The number of rotatable bonds is 4. The van der Waals surface area contributed by atoms with Gasteiger partial charge in [-0.25, -0.2) is 9.48 Å². The van der Waals surface area contributed by atoms with E-state index in [4.69, 9.17) is 0 Å². The number of carbonyl (C=O) groups is 1. The number of aliphatic hydroxyl groups is 1. The van der Waals surface area contributed by atoms with Crippen LogP contribution < -0.4 is 5.32 Å². The predicted molar refractivity (Wildman–Crippen MR) is 77.7 cm³/mol. The lowest BCUT2D eigenvalue weighted by Gasteiger charge is -2.26. The molecule has 0 aliphatic carbocycles. The molecule has 112 valence electrons. The highest BCUT2D eigenvalue weighted by Crippen LogP contribution is 2.23. The van der Waals surface area contributed by atoms with Gasteiger partial charge in [-0.2, -0.15) is 5.10 Å². The Morgan fingerprint density at radius 1 is 1.55 bits per heavy atom.